The van der Waals surface area contributed by atoms with E-state index in [4.69, 9.17) is 5.11 Å². The summed E-state index contributed by atoms with van der Waals surface area (Å²) in [7, 11) is -3.48. The zero-order valence-corrected chi connectivity index (χ0v) is 14.5. The number of carbonyl (C=O) groups excluding carboxylic acids is 1. The smallest absolute Gasteiger partial charge is 0.319 e. The maximum atomic E-state index is 12.1. The lowest BCUT2D eigenvalue weighted by molar-refractivity contribution is -0.149. The van der Waals surface area contributed by atoms with Crippen LogP contribution < -0.4 is 10.0 Å². The third kappa shape index (κ3) is 4.33. The zero-order chi connectivity index (χ0) is 18.0. The van der Waals surface area contributed by atoms with Gasteiger partial charge in [-0.15, -0.1) is 0 Å². The number of hydrogen-bond donors (Lipinski definition) is 3. The summed E-state index contributed by atoms with van der Waals surface area (Å²) in [6, 6.07) is 6.68. The van der Waals surface area contributed by atoms with E-state index in [1.165, 1.54) is 0 Å². The van der Waals surface area contributed by atoms with E-state index in [0.717, 1.165) is 0 Å². The highest BCUT2D eigenvalue weighted by atomic mass is 32.2. The third-order valence-electron chi connectivity index (χ3n) is 3.91. The van der Waals surface area contributed by atoms with Crippen molar-refractivity contribution in [3.05, 3.63) is 35.4 Å². The quantitative estimate of drug-likeness (QED) is 0.603. The predicted molar refractivity (Wildman–Crippen MR) is 88.5 cm³/mol. The Balaban J connectivity index is 2.07. The first-order valence-corrected chi connectivity index (χ1v) is 9.40. The Bertz CT molecular complexity index is 739. The van der Waals surface area contributed by atoms with Crippen LogP contribution >= 0.6 is 0 Å². The maximum Gasteiger partial charge on any atom is 0.319 e. The molecule has 1 aliphatic carbocycles. The van der Waals surface area contributed by atoms with Crippen molar-refractivity contribution in [2.75, 3.05) is 0 Å². The van der Waals surface area contributed by atoms with Crippen molar-refractivity contribution in [2.45, 2.75) is 45.0 Å². The molecule has 0 saturated heterocycles. The SMILES string of the molecule is CC(C)NS(=O)(=O)Cc1ccccc1CNC(=O)C1(C(=O)O)CC1. The van der Waals surface area contributed by atoms with Crippen LogP contribution in [0.15, 0.2) is 24.3 Å². The number of hydrogen-bond acceptors (Lipinski definition) is 4. The minimum Gasteiger partial charge on any atom is -0.480 e. The Labute approximate surface area is 141 Å². The van der Waals surface area contributed by atoms with Crippen molar-refractivity contribution in [2.24, 2.45) is 5.41 Å². The molecular weight excluding hydrogens is 332 g/mol. The molecule has 24 heavy (non-hydrogen) atoms. The molecule has 2 rings (SSSR count). The molecule has 0 heterocycles. The number of sulfonamides is 1. The van der Waals surface area contributed by atoms with Crippen molar-refractivity contribution < 1.29 is 23.1 Å². The number of benzene rings is 1. The van der Waals surface area contributed by atoms with Crippen LogP contribution in [0.4, 0.5) is 0 Å². The Morgan fingerprint density at radius 2 is 1.79 bits per heavy atom. The minimum absolute atomic E-state index is 0.0984. The summed E-state index contributed by atoms with van der Waals surface area (Å²) in [6.45, 7) is 3.58. The highest BCUT2D eigenvalue weighted by Gasteiger charge is 2.56. The van der Waals surface area contributed by atoms with Crippen molar-refractivity contribution in [1.29, 1.82) is 0 Å². The third-order valence-corrected chi connectivity index (χ3v) is 5.43. The summed E-state index contributed by atoms with van der Waals surface area (Å²) in [4.78, 5) is 23.2. The molecule has 1 aliphatic rings. The van der Waals surface area contributed by atoms with Crippen molar-refractivity contribution in [3.63, 3.8) is 0 Å². The van der Waals surface area contributed by atoms with Gasteiger partial charge in [0, 0.05) is 12.6 Å². The largest absolute Gasteiger partial charge is 0.480 e. The van der Waals surface area contributed by atoms with Gasteiger partial charge < -0.3 is 10.4 Å². The fourth-order valence-corrected chi connectivity index (χ4v) is 3.98. The molecule has 0 unspecified atom stereocenters. The van der Waals surface area contributed by atoms with Gasteiger partial charge in [0.25, 0.3) is 0 Å². The van der Waals surface area contributed by atoms with Crippen LogP contribution in [0, 0.1) is 5.41 Å². The van der Waals surface area contributed by atoms with E-state index in [1.54, 1.807) is 38.1 Å². The number of amides is 1. The van der Waals surface area contributed by atoms with E-state index in [-0.39, 0.29) is 18.3 Å². The Morgan fingerprint density at radius 3 is 2.29 bits per heavy atom. The van der Waals surface area contributed by atoms with Crippen LogP contribution in [0.25, 0.3) is 0 Å². The molecule has 7 nitrogen and oxygen atoms in total. The molecule has 132 valence electrons. The van der Waals surface area contributed by atoms with Gasteiger partial charge in [0.15, 0.2) is 0 Å². The van der Waals surface area contributed by atoms with Gasteiger partial charge in [0.2, 0.25) is 15.9 Å². The molecule has 1 aromatic rings. The Morgan fingerprint density at radius 1 is 1.21 bits per heavy atom. The first kappa shape index (κ1) is 18.4. The van der Waals surface area contributed by atoms with E-state index in [1.807, 2.05) is 0 Å². The molecular formula is C16H22N2O5S. The van der Waals surface area contributed by atoms with Crippen molar-refractivity contribution in [1.82, 2.24) is 10.0 Å². The lowest BCUT2D eigenvalue weighted by atomic mass is 10.1. The summed E-state index contributed by atoms with van der Waals surface area (Å²) >= 11 is 0. The first-order valence-electron chi connectivity index (χ1n) is 7.75. The molecule has 0 aromatic heterocycles. The van der Waals surface area contributed by atoms with Crippen LogP contribution in [-0.2, 0) is 31.9 Å². The second-order valence-electron chi connectivity index (χ2n) is 6.37. The van der Waals surface area contributed by atoms with Crippen LogP contribution in [-0.4, -0.2) is 31.4 Å². The summed E-state index contributed by atoms with van der Waals surface area (Å²) in [5.41, 5.74) is -0.0764. The minimum atomic E-state index is -3.48. The Kier molecular flexibility index (Phi) is 5.29. The fourth-order valence-electron chi connectivity index (χ4n) is 2.48. The molecule has 0 aliphatic heterocycles. The summed E-state index contributed by atoms with van der Waals surface area (Å²) in [5, 5.41) is 11.7. The standard InChI is InChI=1S/C16H22N2O5S/c1-11(2)18-24(22,23)10-13-6-4-3-5-12(13)9-17-14(19)16(7-8-16)15(20)21/h3-6,11,18H,7-10H2,1-2H3,(H,17,19)(H,20,21). The summed E-state index contributed by atoms with van der Waals surface area (Å²) in [5.74, 6) is -1.83. The summed E-state index contributed by atoms with van der Waals surface area (Å²) in [6.07, 6.45) is 0.672. The van der Waals surface area contributed by atoms with Crippen LogP contribution in [0.2, 0.25) is 0 Å². The van der Waals surface area contributed by atoms with Gasteiger partial charge in [0.05, 0.1) is 5.75 Å². The number of carboxylic acids is 1. The number of nitrogens with one attached hydrogen (secondary N) is 2. The van der Waals surface area contributed by atoms with Crippen molar-refractivity contribution >= 4 is 21.9 Å². The molecule has 1 aromatic carbocycles. The summed E-state index contributed by atoms with van der Waals surface area (Å²) < 4.78 is 26.7. The molecule has 1 fully saturated rings. The predicted octanol–water partition coefficient (Wildman–Crippen LogP) is 0.995. The molecule has 1 saturated carbocycles. The molecule has 0 atom stereocenters. The van der Waals surface area contributed by atoms with E-state index in [9.17, 15) is 18.0 Å². The number of carbonyl (C=O) groups is 2. The molecule has 8 heteroatoms. The molecule has 3 N–H and O–H groups in total. The van der Waals surface area contributed by atoms with Crippen LogP contribution in [0.3, 0.4) is 0 Å². The highest BCUT2D eigenvalue weighted by Crippen LogP contribution is 2.46. The maximum absolute atomic E-state index is 12.1. The van der Waals surface area contributed by atoms with Gasteiger partial charge in [-0.1, -0.05) is 24.3 Å². The molecule has 0 radical (unpaired) electrons. The molecule has 0 spiro atoms. The van der Waals surface area contributed by atoms with Crippen LogP contribution in [0.1, 0.15) is 37.8 Å². The van der Waals surface area contributed by atoms with E-state index in [2.05, 4.69) is 10.0 Å². The van der Waals surface area contributed by atoms with Gasteiger partial charge in [-0.3, -0.25) is 9.59 Å². The van der Waals surface area contributed by atoms with Crippen LogP contribution in [0.5, 0.6) is 0 Å². The number of rotatable bonds is 8. The lowest BCUT2D eigenvalue weighted by Crippen LogP contribution is -2.37. The molecule has 0 bridgehead atoms. The topological polar surface area (TPSA) is 113 Å². The van der Waals surface area contributed by atoms with Crippen molar-refractivity contribution in [3.8, 4) is 0 Å². The van der Waals surface area contributed by atoms with Gasteiger partial charge in [-0.05, 0) is 37.8 Å². The van der Waals surface area contributed by atoms with Gasteiger partial charge in [0.1, 0.15) is 5.41 Å². The number of aliphatic carboxylic acids is 1. The van der Waals surface area contributed by atoms with Gasteiger partial charge >= 0.3 is 5.97 Å². The monoisotopic (exact) mass is 354 g/mol. The highest BCUT2D eigenvalue weighted by molar-refractivity contribution is 7.88. The van der Waals surface area contributed by atoms with E-state index in [0.29, 0.717) is 24.0 Å². The van der Waals surface area contributed by atoms with E-state index >= 15 is 0 Å². The average molecular weight is 354 g/mol. The lowest BCUT2D eigenvalue weighted by Gasteiger charge is -2.15. The second-order valence-corrected chi connectivity index (χ2v) is 8.12. The molecule has 1 amide bonds. The van der Waals surface area contributed by atoms with E-state index < -0.39 is 27.3 Å². The second kappa shape index (κ2) is 6.90. The fraction of sp³-hybridized carbons (Fsp3) is 0.500. The first-order chi connectivity index (χ1) is 11.2. The van der Waals surface area contributed by atoms with Gasteiger partial charge in [-0.25, -0.2) is 13.1 Å². The normalized spacial score (nSPS) is 16.0. The van der Waals surface area contributed by atoms with Gasteiger partial charge in [-0.2, -0.15) is 0 Å². The number of carboxylic acid groups (broad SMARTS) is 1. The average Bonchev–Trinajstić information content (AvgIpc) is 3.25. The zero-order valence-electron chi connectivity index (χ0n) is 13.7. The Hall–Kier alpha value is -1.93.